The van der Waals surface area contributed by atoms with Gasteiger partial charge >= 0.3 is 0 Å². The fraction of sp³-hybridized carbons (Fsp3) is 0.520. The molecule has 172 valence electrons. The summed E-state index contributed by atoms with van der Waals surface area (Å²) in [6.07, 6.45) is 7.03. The second-order valence-electron chi connectivity index (χ2n) is 8.58. The molecular weight excluding hydrogens is 402 g/mol. The summed E-state index contributed by atoms with van der Waals surface area (Å²) in [5, 5.41) is 6.73. The maximum atomic E-state index is 12.4. The van der Waals surface area contributed by atoms with Crippen molar-refractivity contribution in [2.45, 2.75) is 25.3 Å². The van der Waals surface area contributed by atoms with E-state index in [9.17, 15) is 4.79 Å². The van der Waals surface area contributed by atoms with Gasteiger partial charge in [-0.25, -0.2) is 0 Å². The molecule has 1 aromatic heterocycles. The average Bonchev–Trinajstić information content (AvgIpc) is 2.86. The monoisotopic (exact) mass is 437 g/mol. The molecule has 2 saturated heterocycles. The Morgan fingerprint density at radius 1 is 0.969 bits per heavy atom. The predicted octanol–water partition coefficient (Wildman–Crippen LogP) is 1.94. The highest BCUT2D eigenvalue weighted by molar-refractivity contribution is 5.94. The Morgan fingerprint density at radius 3 is 2.41 bits per heavy atom. The lowest BCUT2D eigenvalue weighted by atomic mass is 10.0. The van der Waals surface area contributed by atoms with Crippen molar-refractivity contribution in [3.63, 3.8) is 0 Å². The Kier molecular flexibility index (Phi) is 8.48. The molecule has 7 nitrogen and oxygen atoms in total. The van der Waals surface area contributed by atoms with Gasteiger partial charge in [0.05, 0.1) is 13.2 Å². The highest BCUT2D eigenvalue weighted by Gasteiger charge is 2.19. The predicted molar refractivity (Wildman–Crippen MR) is 127 cm³/mol. The smallest absolute Gasteiger partial charge is 0.251 e. The number of piperidine rings is 1. The molecule has 7 heteroatoms. The van der Waals surface area contributed by atoms with Gasteiger partial charge in [-0.2, -0.15) is 0 Å². The summed E-state index contributed by atoms with van der Waals surface area (Å²) in [5.74, 6) is 0.00177. The number of aromatic nitrogens is 1. The minimum absolute atomic E-state index is 0.00177. The van der Waals surface area contributed by atoms with Crippen molar-refractivity contribution in [2.24, 2.45) is 0 Å². The Balaban J connectivity index is 1.15. The Bertz CT molecular complexity index is 816. The number of amides is 1. The molecule has 2 aliphatic heterocycles. The lowest BCUT2D eigenvalue weighted by Crippen LogP contribution is -2.43. The van der Waals surface area contributed by atoms with Crippen molar-refractivity contribution in [3.05, 3.63) is 59.9 Å². The summed E-state index contributed by atoms with van der Waals surface area (Å²) in [7, 11) is 0. The minimum atomic E-state index is 0.00177. The second kappa shape index (κ2) is 11.9. The van der Waals surface area contributed by atoms with Crippen LogP contribution in [0.5, 0.6) is 0 Å². The second-order valence-corrected chi connectivity index (χ2v) is 8.58. The lowest BCUT2D eigenvalue weighted by molar-refractivity contribution is 0.0383. The van der Waals surface area contributed by atoms with Gasteiger partial charge in [-0.15, -0.1) is 0 Å². The van der Waals surface area contributed by atoms with Gasteiger partial charge in [0.1, 0.15) is 0 Å². The molecule has 0 aliphatic carbocycles. The summed E-state index contributed by atoms with van der Waals surface area (Å²) in [6, 6.07) is 12.8. The van der Waals surface area contributed by atoms with Gasteiger partial charge in [0.25, 0.3) is 5.91 Å². The number of benzene rings is 1. The van der Waals surface area contributed by atoms with Gasteiger partial charge in [0.2, 0.25) is 0 Å². The van der Waals surface area contributed by atoms with E-state index in [1.165, 1.54) is 11.3 Å². The van der Waals surface area contributed by atoms with Crippen LogP contribution in [0.1, 0.15) is 28.8 Å². The van der Waals surface area contributed by atoms with Crippen molar-refractivity contribution in [2.75, 3.05) is 63.9 Å². The first-order valence-electron chi connectivity index (χ1n) is 11.8. The molecule has 2 N–H and O–H groups in total. The van der Waals surface area contributed by atoms with E-state index in [2.05, 4.69) is 49.7 Å². The fourth-order valence-electron chi connectivity index (χ4n) is 4.39. The number of hydrogen-bond donors (Lipinski definition) is 2. The molecule has 2 aromatic rings. The van der Waals surface area contributed by atoms with Crippen molar-refractivity contribution in [1.82, 2.24) is 20.5 Å². The van der Waals surface area contributed by atoms with Crippen molar-refractivity contribution < 1.29 is 9.53 Å². The van der Waals surface area contributed by atoms with Crippen molar-refractivity contribution in [3.8, 4) is 0 Å². The lowest BCUT2D eigenvalue weighted by Gasteiger charge is -2.34. The molecule has 0 spiro atoms. The molecule has 4 rings (SSSR count). The zero-order valence-corrected chi connectivity index (χ0v) is 18.8. The third-order valence-corrected chi connectivity index (χ3v) is 6.40. The maximum Gasteiger partial charge on any atom is 0.251 e. The van der Waals surface area contributed by atoms with Crippen LogP contribution < -0.4 is 15.5 Å². The number of pyridine rings is 1. The van der Waals surface area contributed by atoms with Crippen molar-refractivity contribution in [1.29, 1.82) is 0 Å². The quantitative estimate of drug-likeness (QED) is 0.625. The third-order valence-electron chi connectivity index (χ3n) is 6.40. The van der Waals surface area contributed by atoms with Gasteiger partial charge in [0, 0.05) is 69.0 Å². The van der Waals surface area contributed by atoms with E-state index in [0.29, 0.717) is 12.6 Å². The summed E-state index contributed by atoms with van der Waals surface area (Å²) in [4.78, 5) is 21.3. The molecule has 0 radical (unpaired) electrons. The van der Waals surface area contributed by atoms with Crippen molar-refractivity contribution >= 4 is 11.6 Å². The largest absolute Gasteiger partial charge is 0.379 e. The first-order valence-corrected chi connectivity index (χ1v) is 11.8. The summed E-state index contributed by atoms with van der Waals surface area (Å²) in [6.45, 7) is 8.09. The van der Waals surface area contributed by atoms with Crippen LogP contribution in [0.25, 0.3) is 0 Å². The highest BCUT2D eigenvalue weighted by atomic mass is 16.5. The number of carbonyl (C=O) groups is 1. The number of anilines is 1. The van der Waals surface area contributed by atoms with E-state index < -0.39 is 0 Å². The summed E-state index contributed by atoms with van der Waals surface area (Å²) >= 11 is 0. The normalized spacial score (nSPS) is 17.9. The van der Waals surface area contributed by atoms with E-state index in [4.69, 9.17) is 4.74 Å². The van der Waals surface area contributed by atoms with E-state index in [-0.39, 0.29) is 5.91 Å². The Labute approximate surface area is 191 Å². The molecule has 1 aromatic carbocycles. The van der Waals surface area contributed by atoms with Crippen LogP contribution in [0, 0.1) is 0 Å². The number of nitrogens with zero attached hydrogens (tertiary/aromatic N) is 3. The van der Waals surface area contributed by atoms with Gasteiger partial charge < -0.3 is 20.3 Å². The van der Waals surface area contributed by atoms with Gasteiger partial charge in [-0.1, -0.05) is 0 Å². The van der Waals surface area contributed by atoms with E-state index in [1.807, 2.05) is 24.5 Å². The van der Waals surface area contributed by atoms with E-state index in [0.717, 1.165) is 77.3 Å². The molecule has 2 aliphatic rings. The zero-order chi connectivity index (χ0) is 22.0. The minimum Gasteiger partial charge on any atom is -0.379 e. The fourth-order valence-corrected chi connectivity index (χ4v) is 4.39. The van der Waals surface area contributed by atoms with Crippen LogP contribution in [0.15, 0.2) is 48.8 Å². The number of hydrogen-bond acceptors (Lipinski definition) is 6. The molecule has 32 heavy (non-hydrogen) atoms. The maximum absolute atomic E-state index is 12.4. The standard InChI is InChI=1S/C25H35N5O2/c31-25(28-13-16-29-17-19-32-20-18-29)22-1-3-24(4-2-22)30-14-8-23(9-15-30)27-12-7-21-5-10-26-11-6-21/h1-6,10-11,23,27H,7-9,12-20H2,(H,28,31). The summed E-state index contributed by atoms with van der Waals surface area (Å²) < 4.78 is 5.36. The summed E-state index contributed by atoms with van der Waals surface area (Å²) in [5.41, 5.74) is 3.25. The van der Waals surface area contributed by atoms with Gasteiger partial charge in [-0.05, 0) is 67.8 Å². The molecule has 0 unspecified atom stereocenters. The Hall–Kier alpha value is -2.48. The van der Waals surface area contributed by atoms with Crippen LogP contribution in [0.3, 0.4) is 0 Å². The first kappa shape index (κ1) is 22.7. The number of carbonyl (C=O) groups excluding carboxylic acids is 1. The molecule has 2 fully saturated rings. The number of nitrogens with one attached hydrogen (secondary N) is 2. The third kappa shape index (κ3) is 6.76. The van der Waals surface area contributed by atoms with Crippen LogP contribution >= 0.6 is 0 Å². The molecule has 0 saturated carbocycles. The first-order chi connectivity index (χ1) is 15.8. The number of rotatable bonds is 9. The van der Waals surface area contributed by atoms with Crippen LogP contribution in [-0.4, -0.2) is 80.9 Å². The molecule has 1 amide bonds. The number of morpholine rings is 1. The molecule has 3 heterocycles. The SMILES string of the molecule is O=C(NCCN1CCOCC1)c1ccc(N2CCC(NCCc3ccncc3)CC2)cc1. The average molecular weight is 438 g/mol. The molecule has 0 bridgehead atoms. The topological polar surface area (TPSA) is 69.7 Å². The molecule has 0 atom stereocenters. The zero-order valence-electron chi connectivity index (χ0n) is 18.8. The van der Waals surface area contributed by atoms with E-state index in [1.54, 1.807) is 0 Å². The number of ether oxygens (including phenoxy) is 1. The Morgan fingerprint density at radius 2 is 1.69 bits per heavy atom. The van der Waals surface area contributed by atoms with Gasteiger partial charge in [0.15, 0.2) is 0 Å². The van der Waals surface area contributed by atoms with Crippen LogP contribution in [0.4, 0.5) is 5.69 Å². The van der Waals surface area contributed by atoms with Crippen LogP contribution in [0.2, 0.25) is 0 Å². The molecular formula is C25H35N5O2. The highest BCUT2D eigenvalue weighted by Crippen LogP contribution is 2.20. The van der Waals surface area contributed by atoms with Gasteiger partial charge in [-0.3, -0.25) is 14.7 Å². The van der Waals surface area contributed by atoms with Crippen LogP contribution in [-0.2, 0) is 11.2 Å². The van der Waals surface area contributed by atoms with E-state index >= 15 is 0 Å².